The van der Waals surface area contributed by atoms with E-state index in [-0.39, 0.29) is 29.8 Å². The van der Waals surface area contributed by atoms with Gasteiger partial charge in [0, 0.05) is 17.5 Å². The Bertz CT molecular complexity index is 580. The zero-order chi connectivity index (χ0) is 18.1. The summed E-state index contributed by atoms with van der Waals surface area (Å²) in [5.74, 6) is -0.761. The highest BCUT2D eigenvalue weighted by Gasteiger charge is 2.67. The summed E-state index contributed by atoms with van der Waals surface area (Å²) in [4.78, 5) is 12.5. The fraction of sp³-hybridized carbons (Fsp3) is 0.632. The van der Waals surface area contributed by atoms with E-state index in [4.69, 9.17) is 21.1 Å². The molecule has 2 rings (SSSR count). The molecule has 1 N–H and O–H groups in total. The van der Waals surface area contributed by atoms with Gasteiger partial charge < -0.3 is 14.6 Å². The fourth-order valence-corrected chi connectivity index (χ4v) is 3.56. The maximum Gasteiger partial charge on any atom is 0.310 e. The molecule has 5 heteroatoms. The minimum atomic E-state index is -0.722. The van der Waals surface area contributed by atoms with Crippen LogP contribution in [0.4, 0.5) is 0 Å². The molecule has 0 bridgehead atoms. The quantitative estimate of drug-likeness (QED) is 0.756. The fourth-order valence-electron chi connectivity index (χ4n) is 3.43. The zero-order valence-corrected chi connectivity index (χ0v) is 15.8. The van der Waals surface area contributed by atoms with E-state index >= 15 is 0 Å². The minimum Gasteiger partial charge on any atom is -0.461 e. The monoisotopic (exact) mass is 354 g/mol. The first-order valence-electron chi connectivity index (χ1n) is 8.34. The number of hydrogen-bond donors (Lipinski definition) is 1. The summed E-state index contributed by atoms with van der Waals surface area (Å²) in [5.41, 5.74) is -0.106. The predicted molar refractivity (Wildman–Crippen MR) is 93.7 cm³/mol. The number of rotatable bonds is 7. The summed E-state index contributed by atoms with van der Waals surface area (Å²) in [6.07, 6.45) is -0.722. The van der Waals surface area contributed by atoms with Crippen molar-refractivity contribution in [3.8, 4) is 0 Å². The van der Waals surface area contributed by atoms with Crippen molar-refractivity contribution < 1.29 is 19.4 Å². The number of halogens is 1. The molecule has 3 atom stereocenters. The summed E-state index contributed by atoms with van der Waals surface area (Å²) in [7, 11) is 0. The van der Waals surface area contributed by atoms with Gasteiger partial charge in [0.2, 0.25) is 0 Å². The van der Waals surface area contributed by atoms with Crippen LogP contribution in [0.1, 0.15) is 40.2 Å². The van der Waals surface area contributed by atoms with Gasteiger partial charge in [-0.1, -0.05) is 37.6 Å². The average Bonchev–Trinajstić information content (AvgIpc) is 3.07. The van der Waals surface area contributed by atoms with Crippen LogP contribution in [0.5, 0.6) is 0 Å². The molecule has 0 heterocycles. The van der Waals surface area contributed by atoms with E-state index in [9.17, 15) is 9.90 Å². The van der Waals surface area contributed by atoms with Crippen molar-refractivity contribution in [2.75, 3.05) is 6.61 Å². The van der Waals surface area contributed by atoms with E-state index < -0.39 is 11.7 Å². The van der Waals surface area contributed by atoms with Crippen LogP contribution in [0.25, 0.3) is 0 Å². The molecule has 1 fully saturated rings. The molecule has 1 saturated carbocycles. The van der Waals surface area contributed by atoms with Crippen LogP contribution in [0.15, 0.2) is 24.3 Å². The van der Waals surface area contributed by atoms with Crippen LogP contribution < -0.4 is 0 Å². The van der Waals surface area contributed by atoms with Gasteiger partial charge in [-0.2, -0.15) is 0 Å². The van der Waals surface area contributed by atoms with E-state index in [1.54, 1.807) is 12.1 Å². The lowest BCUT2D eigenvalue weighted by Gasteiger charge is -2.31. The smallest absolute Gasteiger partial charge is 0.310 e. The summed E-state index contributed by atoms with van der Waals surface area (Å²) in [6.45, 7) is 10.3. The maximum atomic E-state index is 12.5. The summed E-state index contributed by atoms with van der Waals surface area (Å²) in [6, 6.07) is 7.20. The second-order valence-corrected chi connectivity index (χ2v) is 7.98. The third kappa shape index (κ3) is 3.93. The molecular formula is C19H27ClO4. The lowest BCUT2D eigenvalue weighted by Crippen LogP contribution is -2.42. The number of carbonyl (C=O) groups is 1. The van der Waals surface area contributed by atoms with Crippen molar-refractivity contribution in [3.05, 3.63) is 34.9 Å². The third-order valence-electron chi connectivity index (χ3n) is 5.03. The highest BCUT2D eigenvalue weighted by molar-refractivity contribution is 6.30. The molecule has 1 aromatic rings. The van der Waals surface area contributed by atoms with E-state index in [1.807, 2.05) is 46.8 Å². The molecule has 1 aromatic carbocycles. The SMILES string of the molecule is CCOC(C)(C)C(O)C1C(C(=O)OCc2ccc(Cl)cc2)C1(C)C. The number of benzene rings is 1. The molecule has 1 aliphatic carbocycles. The Morgan fingerprint density at radius 1 is 1.33 bits per heavy atom. The van der Waals surface area contributed by atoms with Gasteiger partial charge in [0.15, 0.2) is 0 Å². The first-order chi connectivity index (χ1) is 11.1. The summed E-state index contributed by atoms with van der Waals surface area (Å²) in [5, 5.41) is 11.3. The predicted octanol–water partition coefficient (Wildman–Crippen LogP) is 3.83. The van der Waals surface area contributed by atoms with Crippen LogP contribution in [0.3, 0.4) is 0 Å². The Labute approximate surface area is 149 Å². The molecule has 0 saturated heterocycles. The molecule has 0 radical (unpaired) electrons. The normalized spacial score (nSPS) is 23.6. The van der Waals surface area contributed by atoms with Crippen molar-refractivity contribution in [2.45, 2.75) is 52.9 Å². The van der Waals surface area contributed by atoms with E-state index in [0.717, 1.165) is 5.56 Å². The number of aliphatic hydroxyl groups is 1. The van der Waals surface area contributed by atoms with Gasteiger partial charge in [-0.3, -0.25) is 4.79 Å². The second kappa shape index (κ2) is 7.03. The highest BCUT2D eigenvalue weighted by atomic mass is 35.5. The summed E-state index contributed by atoms with van der Waals surface area (Å²) < 4.78 is 11.1. The molecule has 3 unspecified atom stereocenters. The molecular weight excluding hydrogens is 328 g/mol. The average molecular weight is 355 g/mol. The van der Waals surface area contributed by atoms with Crippen LogP contribution in [-0.4, -0.2) is 29.4 Å². The van der Waals surface area contributed by atoms with Crippen LogP contribution in [0, 0.1) is 17.3 Å². The van der Waals surface area contributed by atoms with E-state index in [2.05, 4.69) is 0 Å². The standard InChI is InChI=1S/C19H27ClO4/c1-6-24-19(4,5)16(21)14-15(18(14,2)3)17(22)23-11-12-7-9-13(20)10-8-12/h7-10,14-16,21H,6,11H2,1-5H3. The Morgan fingerprint density at radius 2 is 1.92 bits per heavy atom. The van der Waals surface area contributed by atoms with Gasteiger partial charge in [-0.25, -0.2) is 0 Å². The Hall–Kier alpha value is -1.10. The lowest BCUT2D eigenvalue weighted by molar-refractivity contribution is -0.149. The molecule has 4 nitrogen and oxygen atoms in total. The zero-order valence-electron chi connectivity index (χ0n) is 15.0. The van der Waals surface area contributed by atoms with Crippen LogP contribution in [0.2, 0.25) is 5.02 Å². The van der Waals surface area contributed by atoms with Crippen molar-refractivity contribution in [1.29, 1.82) is 0 Å². The Morgan fingerprint density at radius 3 is 2.46 bits per heavy atom. The van der Waals surface area contributed by atoms with Crippen molar-refractivity contribution >= 4 is 17.6 Å². The molecule has 24 heavy (non-hydrogen) atoms. The highest BCUT2D eigenvalue weighted by Crippen LogP contribution is 2.62. The number of aliphatic hydroxyl groups excluding tert-OH is 1. The molecule has 0 spiro atoms. The molecule has 0 amide bonds. The molecule has 0 aliphatic heterocycles. The van der Waals surface area contributed by atoms with Gasteiger partial charge in [0.25, 0.3) is 0 Å². The largest absolute Gasteiger partial charge is 0.461 e. The number of carbonyl (C=O) groups excluding carboxylic acids is 1. The second-order valence-electron chi connectivity index (χ2n) is 7.54. The number of hydrogen-bond acceptors (Lipinski definition) is 4. The van der Waals surface area contributed by atoms with Crippen molar-refractivity contribution in [3.63, 3.8) is 0 Å². The first kappa shape index (κ1) is 19.2. The van der Waals surface area contributed by atoms with Gasteiger partial charge >= 0.3 is 5.97 Å². The van der Waals surface area contributed by atoms with Crippen molar-refractivity contribution in [2.24, 2.45) is 17.3 Å². The number of esters is 1. The lowest BCUT2D eigenvalue weighted by atomic mass is 9.93. The van der Waals surface area contributed by atoms with E-state index in [1.165, 1.54) is 0 Å². The number of ether oxygens (including phenoxy) is 2. The maximum absolute atomic E-state index is 12.5. The first-order valence-corrected chi connectivity index (χ1v) is 8.72. The molecule has 1 aliphatic rings. The van der Waals surface area contributed by atoms with Crippen LogP contribution >= 0.6 is 11.6 Å². The summed E-state index contributed by atoms with van der Waals surface area (Å²) >= 11 is 5.85. The van der Waals surface area contributed by atoms with Gasteiger partial charge in [0.1, 0.15) is 6.61 Å². The molecule has 134 valence electrons. The van der Waals surface area contributed by atoms with E-state index in [0.29, 0.717) is 11.6 Å². The third-order valence-corrected chi connectivity index (χ3v) is 5.28. The van der Waals surface area contributed by atoms with Crippen LogP contribution in [-0.2, 0) is 20.9 Å². The van der Waals surface area contributed by atoms with Gasteiger partial charge in [0.05, 0.1) is 17.6 Å². The van der Waals surface area contributed by atoms with Gasteiger partial charge in [-0.05, 0) is 43.9 Å². The Balaban J connectivity index is 1.98. The Kier molecular flexibility index (Phi) is 5.63. The minimum absolute atomic E-state index is 0.170. The van der Waals surface area contributed by atoms with Gasteiger partial charge in [-0.15, -0.1) is 0 Å². The van der Waals surface area contributed by atoms with Crippen molar-refractivity contribution in [1.82, 2.24) is 0 Å². The molecule has 0 aromatic heterocycles. The topological polar surface area (TPSA) is 55.8 Å².